The summed E-state index contributed by atoms with van der Waals surface area (Å²) in [6.07, 6.45) is 4.40. The van der Waals surface area contributed by atoms with Crippen LogP contribution in [0.15, 0.2) is 48.5 Å². The van der Waals surface area contributed by atoms with Gasteiger partial charge in [0.1, 0.15) is 6.54 Å². The highest BCUT2D eigenvalue weighted by Gasteiger charge is 2.20. The number of hydrogen-bond donors (Lipinski definition) is 3. The molecule has 1 saturated carbocycles. The zero-order chi connectivity index (χ0) is 19.9. The average Bonchev–Trinajstić information content (AvgIpc) is 3.17. The van der Waals surface area contributed by atoms with Crippen molar-refractivity contribution in [2.24, 2.45) is 0 Å². The second-order valence-corrected chi connectivity index (χ2v) is 7.79. The molecular formula is C23H30N3O2+. The van der Waals surface area contributed by atoms with Crippen LogP contribution in [0, 0.1) is 6.92 Å². The zero-order valence-corrected chi connectivity index (χ0v) is 16.8. The number of quaternary nitrogens is 1. The summed E-state index contributed by atoms with van der Waals surface area (Å²) in [7, 11) is 2.00. The maximum Gasteiger partial charge on any atom is 0.279 e. The van der Waals surface area contributed by atoms with Gasteiger partial charge in [0.05, 0.1) is 18.3 Å². The molecule has 0 bridgehead atoms. The minimum absolute atomic E-state index is 0.0906. The highest BCUT2D eigenvalue weighted by Crippen LogP contribution is 2.20. The van der Waals surface area contributed by atoms with E-state index in [1.807, 2.05) is 31.3 Å². The smallest absolute Gasteiger partial charge is 0.279 e. The van der Waals surface area contributed by atoms with Gasteiger partial charge in [-0.05, 0) is 37.5 Å². The third-order valence-electron chi connectivity index (χ3n) is 5.35. The van der Waals surface area contributed by atoms with Gasteiger partial charge in [0, 0.05) is 11.6 Å². The van der Waals surface area contributed by atoms with Crippen molar-refractivity contribution < 1.29 is 14.5 Å². The van der Waals surface area contributed by atoms with Crippen LogP contribution in [0.5, 0.6) is 0 Å². The van der Waals surface area contributed by atoms with Crippen LogP contribution in [0.1, 0.15) is 47.2 Å². The molecule has 2 aromatic rings. The molecule has 0 spiro atoms. The van der Waals surface area contributed by atoms with Gasteiger partial charge in [-0.1, -0.05) is 49.2 Å². The number of carbonyl (C=O) groups is 2. The first-order chi connectivity index (χ1) is 13.5. The molecular weight excluding hydrogens is 350 g/mol. The Morgan fingerprint density at radius 1 is 1.04 bits per heavy atom. The van der Waals surface area contributed by atoms with E-state index in [-0.39, 0.29) is 17.9 Å². The molecule has 0 heterocycles. The number of rotatable bonds is 7. The van der Waals surface area contributed by atoms with Crippen molar-refractivity contribution in [1.29, 1.82) is 0 Å². The Morgan fingerprint density at radius 2 is 1.71 bits per heavy atom. The van der Waals surface area contributed by atoms with Gasteiger partial charge < -0.3 is 15.5 Å². The van der Waals surface area contributed by atoms with Crippen LogP contribution in [0.4, 0.5) is 5.69 Å². The molecule has 148 valence electrons. The lowest BCUT2D eigenvalue weighted by Gasteiger charge is -2.17. The van der Waals surface area contributed by atoms with Crippen LogP contribution in [-0.2, 0) is 11.3 Å². The van der Waals surface area contributed by atoms with E-state index in [0.717, 1.165) is 24.3 Å². The molecule has 3 rings (SSSR count). The molecule has 0 aliphatic heterocycles. The first kappa shape index (κ1) is 20.1. The Bertz CT molecular complexity index is 828. The number of hydrogen-bond acceptors (Lipinski definition) is 2. The molecule has 3 N–H and O–H groups in total. The standard InChI is InChI=1S/C23H29N3O2/c1-17-9-3-4-10-18(17)15-26(2)16-22(27)25-21-14-8-7-13-20(21)23(28)24-19-11-5-6-12-19/h3-4,7-10,13-14,19H,5-6,11-12,15-16H2,1-2H3,(H,24,28)(H,25,27)/p+1. The van der Waals surface area contributed by atoms with E-state index in [1.54, 1.807) is 12.1 Å². The summed E-state index contributed by atoms with van der Waals surface area (Å²) in [6.45, 7) is 3.21. The number of para-hydroxylation sites is 1. The van der Waals surface area contributed by atoms with Crippen molar-refractivity contribution >= 4 is 17.5 Å². The number of benzene rings is 2. The van der Waals surface area contributed by atoms with Gasteiger partial charge in [-0.2, -0.15) is 0 Å². The molecule has 0 radical (unpaired) electrons. The van der Waals surface area contributed by atoms with Crippen molar-refractivity contribution in [2.75, 3.05) is 18.9 Å². The Kier molecular flexibility index (Phi) is 6.82. The monoisotopic (exact) mass is 380 g/mol. The second-order valence-electron chi connectivity index (χ2n) is 7.79. The lowest BCUT2D eigenvalue weighted by molar-refractivity contribution is -0.885. The van der Waals surface area contributed by atoms with Gasteiger partial charge in [-0.25, -0.2) is 0 Å². The normalized spacial score (nSPS) is 15.2. The fraction of sp³-hybridized carbons (Fsp3) is 0.391. The molecule has 5 nitrogen and oxygen atoms in total. The van der Waals surface area contributed by atoms with Gasteiger partial charge in [0.15, 0.2) is 6.54 Å². The third-order valence-corrected chi connectivity index (χ3v) is 5.35. The van der Waals surface area contributed by atoms with E-state index < -0.39 is 0 Å². The molecule has 1 atom stereocenters. The second kappa shape index (κ2) is 9.51. The molecule has 1 fully saturated rings. The van der Waals surface area contributed by atoms with E-state index in [4.69, 9.17) is 0 Å². The topological polar surface area (TPSA) is 62.6 Å². The van der Waals surface area contributed by atoms with E-state index >= 15 is 0 Å². The predicted octanol–water partition coefficient (Wildman–Crippen LogP) is 2.32. The van der Waals surface area contributed by atoms with Gasteiger partial charge in [0.25, 0.3) is 11.8 Å². The predicted molar refractivity (Wildman–Crippen MR) is 111 cm³/mol. The van der Waals surface area contributed by atoms with Crippen molar-refractivity contribution in [1.82, 2.24) is 5.32 Å². The summed E-state index contributed by atoms with van der Waals surface area (Å²) < 4.78 is 0. The fourth-order valence-electron chi connectivity index (χ4n) is 3.79. The van der Waals surface area contributed by atoms with Gasteiger partial charge in [-0.15, -0.1) is 0 Å². The van der Waals surface area contributed by atoms with Gasteiger partial charge in [-0.3, -0.25) is 9.59 Å². The number of nitrogens with one attached hydrogen (secondary N) is 3. The highest BCUT2D eigenvalue weighted by molar-refractivity contribution is 6.04. The SMILES string of the molecule is Cc1ccccc1C[NH+](C)CC(=O)Nc1ccccc1C(=O)NC1CCCC1. The number of anilines is 1. The number of likely N-dealkylation sites (N-methyl/N-ethyl adjacent to an activating group) is 1. The Morgan fingerprint density at radius 3 is 2.46 bits per heavy atom. The molecule has 2 aromatic carbocycles. The molecule has 1 aliphatic rings. The van der Waals surface area contributed by atoms with E-state index in [0.29, 0.717) is 17.8 Å². The highest BCUT2D eigenvalue weighted by atomic mass is 16.2. The minimum atomic E-state index is -0.108. The summed E-state index contributed by atoms with van der Waals surface area (Å²) in [5.74, 6) is -0.199. The molecule has 1 aliphatic carbocycles. The summed E-state index contributed by atoms with van der Waals surface area (Å²) >= 11 is 0. The number of carbonyl (C=O) groups excluding carboxylic acids is 2. The molecule has 28 heavy (non-hydrogen) atoms. The maximum atomic E-state index is 12.6. The molecule has 1 unspecified atom stereocenters. The Balaban J connectivity index is 1.59. The molecule has 5 heteroatoms. The summed E-state index contributed by atoms with van der Waals surface area (Å²) in [6, 6.07) is 15.7. The first-order valence-corrected chi connectivity index (χ1v) is 10.1. The van der Waals surface area contributed by atoms with Crippen molar-refractivity contribution in [2.45, 2.75) is 45.2 Å². The Hall–Kier alpha value is -2.66. The minimum Gasteiger partial charge on any atom is -0.349 e. The van der Waals surface area contributed by atoms with Crippen LogP contribution < -0.4 is 15.5 Å². The lowest BCUT2D eigenvalue weighted by Crippen LogP contribution is -3.08. The average molecular weight is 381 g/mol. The quantitative estimate of drug-likeness (QED) is 0.690. The largest absolute Gasteiger partial charge is 0.349 e. The summed E-state index contributed by atoms with van der Waals surface area (Å²) in [5.41, 5.74) is 3.58. The van der Waals surface area contributed by atoms with E-state index in [2.05, 4.69) is 29.7 Å². The fourth-order valence-corrected chi connectivity index (χ4v) is 3.79. The third kappa shape index (κ3) is 5.42. The van der Waals surface area contributed by atoms with Crippen LogP contribution in [0.2, 0.25) is 0 Å². The molecule has 0 aromatic heterocycles. The maximum absolute atomic E-state index is 12.6. The van der Waals surface area contributed by atoms with Crippen molar-refractivity contribution in [3.63, 3.8) is 0 Å². The molecule has 2 amide bonds. The lowest BCUT2D eigenvalue weighted by atomic mass is 10.1. The molecule has 0 saturated heterocycles. The van der Waals surface area contributed by atoms with Gasteiger partial charge >= 0.3 is 0 Å². The Labute approximate surface area is 167 Å². The van der Waals surface area contributed by atoms with Crippen LogP contribution in [0.25, 0.3) is 0 Å². The van der Waals surface area contributed by atoms with Crippen molar-refractivity contribution in [3.05, 3.63) is 65.2 Å². The first-order valence-electron chi connectivity index (χ1n) is 10.1. The van der Waals surface area contributed by atoms with Crippen LogP contribution in [0.3, 0.4) is 0 Å². The van der Waals surface area contributed by atoms with Crippen LogP contribution in [-0.4, -0.2) is 31.4 Å². The van der Waals surface area contributed by atoms with Crippen molar-refractivity contribution in [3.8, 4) is 0 Å². The summed E-state index contributed by atoms with van der Waals surface area (Å²) in [4.78, 5) is 26.3. The zero-order valence-electron chi connectivity index (χ0n) is 16.8. The van der Waals surface area contributed by atoms with E-state index in [9.17, 15) is 9.59 Å². The number of aryl methyl sites for hydroxylation is 1. The van der Waals surface area contributed by atoms with Crippen LogP contribution >= 0.6 is 0 Å². The summed E-state index contributed by atoms with van der Waals surface area (Å²) in [5, 5.41) is 6.02. The van der Waals surface area contributed by atoms with E-state index in [1.165, 1.54) is 24.0 Å². The number of amides is 2. The van der Waals surface area contributed by atoms with Gasteiger partial charge in [0.2, 0.25) is 0 Å².